The predicted octanol–water partition coefficient (Wildman–Crippen LogP) is 3.33. The van der Waals surface area contributed by atoms with Crippen LogP contribution in [0.3, 0.4) is 0 Å². The molecule has 0 bridgehead atoms. The first-order valence-corrected chi connectivity index (χ1v) is 11.1. The second kappa shape index (κ2) is 8.97. The summed E-state index contributed by atoms with van der Waals surface area (Å²) in [6.07, 6.45) is 4.84. The van der Waals surface area contributed by atoms with E-state index in [-0.39, 0.29) is 28.7 Å². The van der Waals surface area contributed by atoms with Gasteiger partial charge in [-0.2, -0.15) is 11.8 Å². The van der Waals surface area contributed by atoms with Crippen LogP contribution in [-0.2, 0) is 10.5 Å². The van der Waals surface area contributed by atoms with E-state index in [9.17, 15) is 18.7 Å². The smallest absolute Gasteiger partial charge is 0.261 e. The number of nitrogens with zero attached hydrogens (tertiary/aromatic N) is 1. The molecule has 1 aliphatic heterocycles. The van der Waals surface area contributed by atoms with E-state index in [1.165, 1.54) is 6.07 Å². The number of ether oxygens (including phenoxy) is 1. The molecule has 4 rings (SSSR count). The number of aliphatic hydroxyl groups excluding tert-OH is 1. The summed E-state index contributed by atoms with van der Waals surface area (Å²) in [5.41, 5.74) is -0.529. The maximum atomic E-state index is 14.6. The number of aliphatic hydroxyl groups is 1. The Hall–Kier alpha value is -1.71. The summed E-state index contributed by atoms with van der Waals surface area (Å²) in [5.74, 6) is -1.34. The number of halogens is 2. The summed E-state index contributed by atoms with van der Waals surface area (Å²) >= 11 is 1.67. The molecule has 2 aromatic rings. The summed E-state index contributed by atoms with van der Waals surface area (Å²) in [6, 6.07) is 1.30. The molecule has 0 unspecified atom stereocenters. The van der Waals surface area contributed by atoms with Crippen molar-refractivity contribution in [2.45, 2.75) is 61.7 Å². The van der Waals surface area contributed by atoms with Gasteiger partial charge in [-0.3, -0.25) is 4.79 Å². The number of rotatable bonds is 5. The summed E-state index contributed by atoms with van der Waals surface area (Å²) < 4.78 is 34.5. The van der Waals surface area contributed by atoms with Crippen LogP contribution in [0.25, 0.3) is 10.9 Å². The number of nitrogens with one attached hydrogen (secondary N) is 2. The molecule has 1 aromatic carbocycles. The lowest BCUT2D eigenvalue weighted by Gasteiger charge is -2.25. The molecule has 3 N–H and O–H groups in total. The minimum absolute atomic E-state index is 0.00321. The highest BCUT2D eigenvalue weighted by atomic mass is 32.2. The van der Waals surface area contributed by atoms with Crippen LogP contribution >= 0.6 is 11.8 Å². The molecule has 1 atom stereocenters. The molecular weight excluding hydrogens is 400 g/mol. The molecule has 2 aliphatic rings. The molecule has 1 saturated carbocycles. The molecule has 1 aromatic heterocycles. The van der Waals surface area contributed by atoms with Crippen LogP contribution in [0.2, 0.25) is 0 Å². The Morgan fingerprint density at radius 1 is 1.24 bits per heavy atom. The van der Waals surface area contributed by atoms with Crippen LogP contribution in [-0.4, -0.2) is 45.7 Å². The van der Waals surface area contributed by atoms with Crippen LogP contribution in [0.4, 0.5) is 14.5 Å². The quantitative estimate of drug-likeness (QED) is 0.681. The van der Waals surface area contributed by atoms with E-state index in [1.807, 2.05) is 0 Å². The molecule has 0 radical (unpaired) electrons. The lowest BCUT2D eigenvalue weighted by Crippen LogP contribution is -2.30. The summed E-state index contributed by atoms with van der Waals surface area (Å²) in [7, 11) is 0. The van der Waals surface area contributed by atoms with Gasteiger partial charge in [0.1, 0.15) is 11.2 Å². The Morgan fingerprint density at radius 3 is 2.76 bits per heavy atom. The number of benzene rings is 1. The second-order valence-electron chi connectivity index (χ2n) is 7.76. The zero-order chi connectivity index (χ0) is 20.4. The summed E-state index contributed by atoms with van der Waals surface area (Å²) in [6.45, 7) is 1.10. The van der Waals surface area contributed by atoms with Crippen molar-refractivity contribution < 1.29 is 18.6 Å². The zero-order valence-electron chi connectivity index (χ0n) is 16.0. The van der Waals surface area contributed by atoms with Gasteiger partial charge >= 0.3 is 0 Å². The van der Waals surface area contributed by atoms with Crippen molar-refractivity contribution in [3.8, 4) is 0 Å². The molecule has 2 heterocycles. The van der Waals surface area contributed by atoms with Gasteiger partial charge in [0.15, 0.2) is 11.6 Å². The highest BCUT2D eigenvalue weighted by Crippen LogP contribution is 2.31. The molecular formula is C20H25F2N3O3S. The largest absolute Gasteiger partial charge is 0.393 e. The number of anilines is 1. The Bertz CT molecular complexity index is 925. The van der Waals surface area contributed by atoms with E-state index >= 15 is 0 Å². The Kier molecular flexibility index (Phi) is 6.36. The van der Waals surface area contributed by atoms with E-state index in [4.69, 9.17) is 4.74 Å². The molecule has 158 valence electrons. The van der Waals surface area contributed by atoms with Gasteiger partial charge in [-0.25, -0.2) is 13.8 Å². The average molecular weight is 426 g/mol. The number of hydrogen-bond acceptors (Lipinski definition) is 6. The lowest BCUT2D eigenvalue weighted by atomic mass is 9.97. The van der Waals surface area contributed by atoms with Crippen molar-refractivity contribution in [3.05, 3.63) is 33.9 Å². The van der Waals surface area contributed by atoms with Gasteiger partial charge in [0.05, 0.1) is 29.7 Å². The van der Waals surface area contributed by atoms with E-state index in [1.54, 1.807) is 11.8 Å². The Balaban J connectivity index is 1.56. The highest BCUT2D eigenvalue weighted by Gasteiger charge is 2.23. The fourth-order valence-corrected chi connectivity index (χ4v) is 5.08. The molecule has 9 heteroatoms. The highest BCUT2D eigenvalue weighted by molar-refractivity contribution is 7.99. The van der Waals surface area contributed by atoms with Crippen molar-refractivity contribution in [3.63, 3.8) is 0 Å². The monoisotopic (exact) mass is 425 g/mol. The standard InChI is InChI=1S/C20H25F2N3O3S/c21-18-15(23-11-2-1-7-28-9-11)8-14-17(19(18)22)20(27)25-16(24-14)10-29-13-5-3-12(26)4-6-13/h8,11-13,23,26H,1-7,9-10H2,(H,24,25,27)/t11-,12?,13?/m1/s1. The Labute approximate surface area is 171 Å². The summed E-state index contributed by atoms with van der Waals surface area (Å²) in [4.78, 5) is 19.4. The lowest BCUT2D eigenvalue weighted by molar-refractivity contribution is 0.0875. The van der Waals surface area contributed by atoms with Crippen LogP contribution in [0, 0.1) is 11.6 Å². The number of aromatic nitrogens is 2. The predicted molar refractivity (Wildman–Crippen MR) is 109 cm³/mol. The first-order valence-electron chi connectivity index (χ1n) is 10.1. The van der Waals surface area contributed by atoms with Gasteiger partial charge in [-0.05, 0) is 44.6 Å². The van der Waals surface area contributed by atoms with Gasteiger partial charge in [-0.1, -0.05) is 0 Å². The zero-order valence-corrected chi connectivity index (χ0v) is 16.9. The molecule has 6 nitrogen and oxygen atoms in total. The van der Waals surface area contributed by atoms with Crippen molar-refractivity contribution in [1.29, 1.82) is 0 Å². The fraction of sp³-hybridized carbons (Fsp3) is 0.600. The van der Waals surface area contributed by atoms with Gasteiger partial charge in [0, 0.05) is 17.9 Å². The first kappa shape index (κ1) is 20.6. The fourth-order valence-electron chi connectivity index (χ4n) is 3.94. The normalized spacial score (nSPS) is 25.3. The van der Waals surface area contributed by atoms with Crippen molar-refractivity contribution in [2.75, 3.05) is 18.5 Å². The number of H-pyrrole nitrogens is 1. The average Bonchev–Trinajstić information content (AvgIpc) is 2.72. The van der Waals surface area contributed by atoms with E-state index in [0.29, 0.717) is 30.0 Å². The maximum absolute atomic E-state index is 14.6. The molecule has 0 spiro atoms. The third-order valence-electron chi connectivity index (χ3n) is 5.55. The Morgan fingerprint density at radius 2 is 2.03 bits per heavy atom. The number of aromatic amines is 1. The van der Waals surface area contributed by atoms with Crippen LogP contribution < -0.4 is 10.9 Å². The van der Waals surface area contributed by atoms with Crippen molar-refractivity contribution in [1.82, 2.24) is 9.97 Å². The topological polar surface area (TPSA) is 87.2 Å². The third-order valence-corrected chi connectivity index (χ3v) is 6.93. The van der Waals surface area contributed by atoms with E-state index < -0.39 is 17.2 Å². The van der Waals surface area contributed by atoms with Gasteiger partial charge in [0.2, 0.25) is 0 Å². The van der Waals surface area contributed by atoms with Gasteiger partial charge in [0.25, 0.3) is 5.56 Å². The van der Waals surface area contributed by atoms with Crippen LogP contribution in [0.5, 0.6) is 0 Å². The van der Waals surface area contributed by atoms with Crippen LogP contribution in [0.15, 0.2) is 10.9 Å². The minimum atomic E-state index is -1.18. The van der Waals surface area contributed by atoms with Gasteiger partial charge < -0.3 is 20.1 Å². The van der Waals surface area contributed by atoms with Crippen LogP contribution in [0.1, 0.15) is 44.3 Å². The number of hydrogen-bond donors (Lipinski definition) is 3. The second-order valence-corrected chi connectivity index (χ2v) is 9.05. The molecule has 2 fully saturated rings. The summed E-state index contributed by atoms with van der Waals surface area (Å²) in [5, 5.41) is 12.6. The molecule has 29 heavy (non-hydrogen) atoms. The maximum Gasteiger partial charge on any atom is 0.261 e. The first-order chi connectivity index (χ1) is 14.0. The number of thioether (sulfide) groups is 1. The molecule has 1 saturated heterocycles. The van der Waals surface area contributed by atoms with E-state index in [2.05, 4.69) is 15.3 Å². The molecule has 0 amide bonds. The SMILES string of the molecule is O=c1[nH]c(CSC2CCC(O)CC2)nc2cc(N[C@@H]3CCCOC3)c(F)c(F)c12. The van der Waals surface area contributed by atoms with Gasteiger partial charge in [-0.15, -0.1) is 0 Å². The molecule has 1 aliphatic carbocycles. The van der Waals surface area contributed by atoms with Crippen molar-refractivity contribution in [2.24, 2.45) is 0 Å². The number of fused-ring (bicyclic) bond motifs is 1. The van der Waals surface area contributed by atoms with E-state index in [0.717, 1.165) is 38.5 Å². The van der Waals surface area contributed by atoms with Crippen molar-refractivity contribution >= 4 is 28.4 Å². The third kappa shape index (κ3) is 4.73. The minimum Gasteiger partial charge on any atom is -0.393 e.